The Morgan fingerprint density at radius 2 is 2.14 bits per heavy atom. The molecule has 0 fully saturated rings. The Labute approximate surface area is 84.8 Å². The van der Waals surface area contributed by atoms with E-state index in [0.717, 1.165) is 6.20 Å². The molecule has 0 aliphatic heterocycles. The molecule has 0 aliphatic carbocycles. The van der Waals surface area contributed by atoms with Gasteiger partial charge in [0.2, 0.25) is 0 Å². The van der Waals surface area contributed by atoms with Crippen LogP contribution >= 0.6 is 11.6 Å². The Balaban J connectivity index is 2.81. The number of hydrogen-bond donors (Lipinski definition) is 1. The van der Waals surface area contributed by atoms with E-state index in [1.807, 2.05) is 0 Å². The zero-order chi connectivity index (χ0) is 10.3. The van der Waals surface area contributed by atoms with Crippen molar-refractivity contribution in [2.75, 3.05) is 0 Å². The van der Waals surface area contributed by atoms with Gasteiger partial charge in [0.15, 0.2) is 0 Å². The summed E-state index contributed by atoms with van der Waals surface area (Å²) in [5.74, 6) is 0. The quantitative estimate of drug-likeness (QED) is 0.753. The van der Waals surface area contributed by atoms with Crippen molar-refractivity contribution in [3.8, 4) is 0 Å². The van der Waals surface area contributed by atoms with Crippen molar-refractivity contribution < 1.29 is 13.0 Å². The SMILES string of the molecule is O=S(=O)(O)n1cc2c(Cl)cccc2n1. The average Bonchev–Trinajstić information content (AvgIpc) is 2.48. The number of rotatable bonds is 1. The van der Waals surface area contributed by atoms with Crippen molar-refractivity contribution in [1.29, 1.82) is 0 Å². The lowest BCUT2D eigenvalue weighted by molar-refractivity contribution is 0.466. The number of benzene rings is 1. The van der Waals surface area contributed by atoms with Crippen molar-refractivity contribution >= 4 is 32.8 Å². The zero-order valence-corrected chi connectivity index (χ0v) is 8.33. The van der Waals surface area contributed by atoms with E-state index in [1.165, 1.54) is 0 Å². The van der Waals surface area contributed by atoms with Crippen LogP contribution in [0.4, 0.5) is 0 Å². The molecule has 14 heavy (non-hydrogen) atoms. The summed E-state index contributed by atoms with van der Waals surface area (Å²) >= 11 is 5.79. The van der Waals surface area contributed by atoms with Crippen molar-refractivity contribution in [2.45, 2.75) is 0 Å². The van der Waals surface area contributed by atoms with Gasteiger partial charge in [0.25, 0.3) is 0 Å². The van der Waals surface area contributed by atoms with Gasteiger partial charge in [-0.25, -0.2) is 0 Å². The maximum absolute atomic E-state index is 10.7. The largest absolute Gasteiger partial charge is 0.379 e. The first-order chi connectivity index (χ1) is 6.48. The molecule has 74 valence electrons. The molecular formula is C7H5ClN2O3S. The molecule has 0 bridgehead atoms. The highest BCUT2D eigenvalue weighted by Gasteiger charge is 2.11. The van der Waals surface area contributed by atoms with Crippen molar-refractivity contribution in [1.82, 2.24) is 9.19 Å². The minimum Gasteiger partial charge on any atom is -0.268 e. The topological polar surface area (TPSA) is 72.2 Å². The molecule has 2 aromatic rings. The first-order valence-corrected chi connectivity index (χ1v) is 5.38. The third-order valence-electron chi connectivity index (χ3n) is 1.71. The van der Waals surface area contributed by atoms with Crippen molar-refractivity contribution in [2.24, 2.45) is 0 Å². The highest BCUT2D eigenvalue weighted by molar-refractivity contribution is 7.84. The van der Waals surface area contributed by atoms with E-state index in [0.29, 0.717) is 20.0 Å². The molecule has 1 N–H and O–H groups in total. The number of aromatic nitrogens is 2. The summed E-state index contributed by atoms with van der Waals surface area (Å²) in [6, 6.07) is 4.86. The first-order valence-electron chi connectivity index (χ1n) is 3.60. The van der Waals surface area contributed by atoms with Crippen LogP contribution in [-0.2, 0) is 10.3 Å². The van der Waals surface area contributed by atoms with Crippen LogP contribution in [0.2, 0.25) is 5.02 Å². The normalized spacial score (nSPS) is 12.1. The zero-order valence-electron chi connectivity index (χ0n) is 6.75. The van der Waals surface area contributed by atoms with Gasteiger partial charge < -0.3 is 0 Å². The minimum atomic E-state index is -4.33. The van der Waals surface area contributed by atoms with Crippen molar-refractivity contribution in [3.05, 3.63) is 29.4 Å². The standard InChI is InChI=1S/C7H5ClN2O3S/c8-6-2-1-3-7-5(6)4-10(9-7)14(11,12)13/h1-4H,(H,11,12,13). The summed E-state index contributed by atoms with van der Waals surface area (Å²) in [6.07, 6.45) is 1.16. The third-order valence-corrected chi connectivity index (χ3v) is 2.70. The molecule has 0 unspecified atom stereocenters. The van der Waals surface area contributed by atoms with E-state index >= 15 is 0 Å². The Bertz CT molecular complexity index is 590. The summed E-state index contributed by atoms with van der Waals surface area (Å²) < 4.78 is 30.6. The Kier molecular flexibility index (Phi) is 1.99. The second kappa shape index (κ2) is 2.94. The van der Waals surface area contributed by atoms with Gasteiger partial charge in [-0.1, -0.05) is 17.7 Å². The van der Waals surface area contributed by atoms with Gasteiger partial charge in [0.05, 0.1) is 16.7 Å². The van der Waals surface area contributed by atoms with Gasteiger partial charge in [0, 0.05) is 5.39 Å². The minimum absolute atomic E-state index is 0.386. The number of nitrogens with zero attached hydrogens (tertiary/aromatic N) is 2. The molecule has 0 saturated heterocycles. The number of fused-ring (bicyclic) bond motifs is 1. The smallest absolute Gasteiger partial charge is 0.268 e. The molecule has 1 aromatic heterocycles. The molecular weight excluding hydrogens is 228 g/mol. The lowest BCUT2D eigenvalue weighted by Crippen LogP contribution is -2.10. The summed E-state index contributed by atoms with van der Waals surface area (Å²) in [7, 11) is -4.33. The third kappa shape index (κ3) is 1.47. The van der Waals surface area contributed by atoms with Crippen LogP contribution in [0.3, 0.4) is 0 Å². The fourth-order valence-corrected chi connectivity index (χ4v) is 1.75. The molecule has 0 atom stereocenters. The predicted molar refractivity (Wildman–Crippen MR) is 51.7 cm³/mol. The summed E-state index contributed by atoms with van der Waals surface area (Å²) in [5, 5.41) is 4.50. The Morgan fingerprint density at radius 1 is 1.43 bits per heavy atom. The highest BCUT2D eigenvalue weighted by Crippen LogP contribution is 2.22. The van der Waals surface area contributed by atoms with Crippen LogP contribution in [0.15, 0.2) is 24.4 Å². The number of hydrogen-bond acceptors (Lipinski definition) is 3. The van der Waals surface area contributed by atoms with E-state index in [9.17, 15) is 8.42 Å². The van der Waals surface area contributed by atoms with Crippen LogP contribution < -0.4 is 0 Å². The van der Waals surface area contributed by atoms with Gasteiger partial charge in [-0.15, -0.1) is 4.09 Å². The van der Waals surface area contributed by atoms with E-state index in [-0.39, 0.29) is 0 Å². The molecule has 2 rings (SSSR count). The lowest BCUT2D eigenvalue weighted by Gasteiger charge is -1.91. The molecule has 5 nitrogen and oxygen atoms in total. The Morgan fingerprint density at radius 3 is 2.71 bits per heavy atom. The highest BCUT2D eigenvalue weighted by atomic mass is 35.5. The van der Waals surface area contributed by atoms with Crippen LogP contribution in [0, 0.1) is 0 Å². The fraction of sp³-hybridized carbons (Fsp3) is 0. The fourth-order valence-electron chi connectivity index (χ4n) is 1.10. The molecule has 0 spiro atoms. The first kappa shape index (κ1) is 9.45. The monoisotopic (exact) mass is 232 g/mol. The van der Waals surface area contributed by atoms with Gasteiger partial charge in [-0.05, 0) is 12.1 Å². The van der Waals surface area contributed by atoms with E-state index in [1.54, 1.807) is 18.2 Å². The maximum Gasteiger partial charge on any atom is 0.379 e. The number of halogens is 1. The second-order valence-electron chi connectivity index (χ2n) is 2.65. The molecule has 0 aliphatic rings. The van der Waals surface area contributed by atoms with Gasteiger partial charge >= 0.3 is 10.3 Å². The molecule has 0 radical (unpaired) electrons. The van der Waals surface area contributed by atoms with Crippen LogP contribution in [0.1, 0.15) is 0 Å². The molecule has 0 saturated carbocycles. The van der Waals surface area contributed by atoms with Gasteiger partial charge in [-0.2, -0.15) is 13.5 Å². The molecule has 1 heterocycles. The van der Waals surface area contributed by atoms with Crippen LogP contribution in [-0.4, -0.2) is 22.2 Å². The maximum atomic E-state index is 10.7. The molecule has 1 aromatic carbocycles. The molecule has 7 heteroatoms. The lowest BCUT2D eigenvalue weighted by atomic mass is 10.3. The summed E-state index contributed by atoms with van der Waals surface area (Å²) in [4.78, 5) is 0. The van der Waals surface area contributed by atoms with E-state index in [2.05, 4.69) is 5.10 Å². The van der Waals surface area contributed by atoms with Gasteiger partial charge in [-0.3, -0.25) is 4.55 Å². The van der Waals surface area contributed by atoms with E-state index < -0.39 is 10.3 Å². The van der Waals surface area contributed by atoms with Gasteiger partial charge in [0.1, 0.15) is 0 Å². The summed E-state index contributed by atoms with van der Waals surface area (Å²) in [6.45, 7) is 0. The predicted octanol–water partition coefficient (Wildman–Crippen LogP) is 1.34. The summed E-state index contributed by atoms with van der Waals surface area (Å²) in [5.41, 5.74) is 0.412. The molecule has 0 amide bonds. The van der Waals surface area contributed by atoms with Crippen LogP contribution in [0.25, 0.3) is 10.9 Å². The van der Waals surface area contributed by atoms with Crippen molar-refractivity contribution in [3.63, 3.8) is 0 Å². The second-order valence-corrected chi connectivity index (χ2v) is 4.33. The van der Waals surface area contributed by atoms with E-state index in [4.69, 9.17) is 16.2 Å². The van der Waals surface area contributed by atoms with Crippen LogP contribution in [0.5, 0.6) is 0 Å². The average molecular weight is 233 g/mol. The Hall–Kier alpha value is -1.11.